The molecule has 0 unspecified atom stereocenters. The lowest BCUT2D eigenvalue weighted by molar-refractivity contribution is -0.123. The van der Waals surface area contributed by atoms with Crippen LogP contribution in [0.1, 0.15) is 22.5 Å². The van der Waals surface area contributed by atoms with Gasteiger partial charge in [0.2, 0.25) is 0 Å². The molecule has 1 fully saturated rings. The van der Waals surface area contributed by atoms with E-state index < -0.39 is 0 Å². The Morgan fingerprint density at radius 2 is 1.75 bits per heavy atom. The largest absolute Gasteiger partial charge is 0.492 e. The molecule has 0 N–H and O–H groups in total. The molecular weight excluding hydrogens is 444 g/mol. The molecular formula is C25H23ClN2O3S. The van der Waals surface area contributed by atoms with Crippen LogP contribution in [0.25, 0.3) is 11.8 Å². The highest BCUT2D eigenvalue weighted by Crippen LogP contribution is 2.34. The van der Waals surface area contributed by atoms with Gasteiger partial charge in [0.25, 0.3) is 11.1 Å². The molecule has 2 heterocycles. The van der Waals surface area contributed by atoms with Crippen molar-refractivity contribution in [3.63, 3.8) is 0 Å². The van der Waals surface area contributed by atoms with Crippen LogP contribution in [-0.4, -0.2) is 33.8 Å². The minimum Gasteiger partial charge on any atom is -0.492 e. The number of imide groups is 1. The summed E-state index contributed by atoms with van der Waals surface area (Å²) in [6.45, 7) is 6.41. The van der Waals surface area contributed by atoms with Crippen molar-refractivity contribution in [2.75, 3.05) is 13.2 Å². The third kappa shape index (κ3) is 4.47. The molecule has 1 aromatic heterocycles. The number of thioether (sulfide) groups is 1. The van der Waals surface area contributed by atoms with Gasteiger partial charge in [-0.25, -0.2) is 0 Å². The molecule has 164 valence electrons. The average Bonchev–Trinajstić information content (AvgIpc) is 3.19. The van der Waals surface area contributed by atoms with Gasteiger partial charge in [-0.05, 0) is 74.5 Å². The van der Waals surface area contributed by atoms with Crippen molar-refractivity contribution in [1.82, 2.24) is 9.47 Å². The van der Waals surface area contributed by atoms with Crippen LogP contribution in [0.15, 0.2) is 59.5 Å². The molecule has 7 heteroatoms. The summed E-state index contributed by atoms with van der Waals surface area (Å²) in [5.74, 6) is 0.417. The summed E-state index contributed by atoms with van der Waals surface area (Å²) in [6.07, 6.45) is 1.78. The molecule has 0 radical (unpaired) electrons. The topological polar surface area (TPSA) is 51.5 Å². The second-order valence-electron chi connectivity index (χ2n) is 7.61. The fourth-order valence-corrected chi connectivity index (χ4v) is 4.74. The first kappa shape index (κ1) is 22.2. The van der Waals surface area contributed by atoms with Gasteiger partial charge in [-0.3, -0.25) is 14.5 Å². The van der Waals surface area contributed by atoms with E-state index in [1.54, 1.807) is 6.08 Å². The average molecular weight is 467 g/mol. The number of ether oxygens (including phenoxy) is 1. The summed E-state index contributed by atoms with van der Waals surface area (Å²) in [7, 11) is 0. The van der Waals surface area contributed by atoms with E-state index in [4.69, 9.17) is 16.3 Å². The van der Waals surface area contributed by atoms with Crippen molar-refractivity contribution in [2.45, 2.75) is 20.8 Å². The Balaban J connectivity index is 1.50. The Morgan fingerprint density at radius 3 is 2.47 bits per heavy atom. The summed E-state index contributed by atoms with van der Waals surface area (Å²) < 4.78 is 7.73. The van der Waals surface area contributed by atoms with Crippen LogP contribution in [0.5, 0.6) is 5.75 Å². The molecule has 0 atom stereocenters. The van der Waals surface area contributed by atoms with Crippen molar-refractivity contribution in [1.29, 1.82) is 0 Å². The van der Waals surface area contributed by atoms with E-state index in [1.807, 2.05) is 79.9 Å². The van der Waals surface area contributed by atoms with E-state index >= 15 is 0 Å². The van der Waals surface area contributed by atoms with Crippen LogP contribution < -0.4 is 4.74 Å². The standard InChI is InChI=1S/C25H23ClN2O3S/c1-16-8-10-20(11-9-16)31-13-12-27-24(29)23(32-25(27)30)15-19-14-17(2)28(18(19)3)22-7-5-4-6-21(22)26/h4-11,14-15H,12-13H2,1-3H3/b23-15-. The number of carbonyl (C=O) groups is 2. The lowest BCUT2D eigenvalue weighted by Crippen LogP contribution is -2.32. The third-order valence-electron chi connectivity index (χ3n) is 5.33. The quantitative estimate of drug-likeness (QED) is 0.407. The molecule has 2 amide bonds. The Hall–Kier alpha value is -2.96. The number of rotatable bonds is 6. The summed E-state index contributed by atoms with van der Waals surface area (Å²) in [5, 5.41) is 0.364. The van der Waals surface area contributed by atoms with Crippen molar-refractivity contribution >= 4 is 40.6 Å². The summed E-state index contributed by atoms with van der Waals surface area (Å²) in [6, 6.07) is 17.3. The fraction of sp³-hybridized carbons (Fsp3) is 0.200. The maximum absolute atomic E-state index is 12.9. The molecule has 5 nitrogen and oxygen atoms in total. The van der Waals surface area contributed by atoms with Gasteiger partial charge in [0.05, 0.1) is 22.2 Å². The molecule has 4 rings (SSSR count). The SMILES string of the molecule is Cc1ccc(OCCN2C(=O)S/C(=C\c3cc(C)n(-c4ccccc4Cl)c3C)C2=O)cc1. The third-order valence-corrected chi connectivity index (χ3v) is 6.56. The van der Waals surface area contributed by atoms with Gasteiger partial charge in [-0.15, -0.1) is 0 Å². The van der Waals surface area contributed by atoms with Gasteiger partial charge in [-0.1, -0.05) is 41.4 Å². The number of aromatic nitrogens is 1. The van der Waals surface area contributed by atoms with E-state index in [0.717, 1.165) is 40.0 Å². The number of halogens is 1. The predicted molar refractivity (Wildman–Crippen MR) is 130 cm³/mol. The molecule has 1 saturated heterocycles. The van der Waals surface area contributed by atoms with Gasteiger partial charge in [0.15, 0.2) is 0 Å². The number of benzene rings is 2. The summed E-state index contributed by atoms with van der Waals surface area (Å²) >= 11 is 7.34. The Bertz CT molecular complexity index is 1210. The molecule has 0 spiro atoms. The minimum absolute atomic E-state index is 0.203. The van der Waals surface area contributed by atoms with Crippen LogP contribution in [0, 0.1) is 20.8 Å². The molecule has 32 heavy (non-hydrogen) atoms. The van der Waals surface area contributed by atoms with Crippen molar-refractivity contribution in [2.24, 2.45) is 0 Å². The first-order valence-corrected chi connectivity index (χ1v) is 11.4. The van der Waals surface area contributed by atoms with E-state index in [0.29, 0.717) is 15.7 Å². The number of para-hydroxylation sites is 1. The molecule has 1 aliphatic heterocycles. The van der Waals surface area contributed by atoms with Crippen molar-refractivity contribution in [3.8, 4) is 11.4 Å². The molecule has 3 aromatic rings. The lowest BCUT2D eigenvalue weighted by Gasteiger charge is -2.13. The number of amides is 2. The van der Waals surface area contributed by atoms with Crippen LogP contribution in [-0.2, 0) is 4.79 Å². The van der Waals surface area contributed by atoms with Crippen LogP contribution in [0.3, 0.4) is 0 Å². The van der Waals surface area contributed by atoms with Crippen LogP contribution >= 0.6 is 23.4 Å². The van der Waals surface area contributed by atoms with E-state index in [2.05, 4.69) is 0 Å². The summed E-state index contributed by atoms with van der Waals surface area (Å²) in [5.41, 5.74) is 4.84. The molecule has 1 aliphatic rings. The predicted octanol–water partition coefficient (Wildman–Crippen LogP) is 6.17. The number of hydrogen-bond acceptors (Lipinski definition) is 4. The second-order valence-corrected chi connectivity index (χ2v) is 9.01. The second kappa shape index (κ2) is 9.27. The molecule has 0 saturated carbocycles. The smallest absolute Gasteiger partial charge is 0.293 e. The summed E-state index contributed by atoms with van der Waals surface area (Å²) in [4.78, 5) is 27.0. The maximum atomic E-state index is 12.9. The Morgan fingerprint density at radius 1 is 1.03 bits per heavy atom. The van der Waals surface area contributed by atoms with Gasteiger partial charge < -0.3 is 9.30 Å². The van der Waals surface area contributed by atoms with Gasteiger partial charge in [-0.2, -0.15) is 0 Å². The zero-order valence-corrected chi connectivity index (χ0v) is 19.7. The number of aryl methyl sites for hydroxylation is 2. The number of nitrogens with zero attached hydrogens (tertiary/aromatic N) is 2. The molecule has 2 aromatic carbocycles. The number of hydrogen-bond donors (Lipinski definition) is 0. The van der Waals surface area contributed by atoms with Crippen LogP contribution in [0.2, 0.25) is 5.02 Å². The van der Waals surface area contributed by atoms with Gasteiger partial charge in [0.1, 0.15) is 12.4 Å². The highest BCUT2D eigenvalue weighted by molar-refractivity contribution is 8.18. The highest BCUT2D eigenvalue weighted by Gasteiger charge is 2.35. The first-order valence-electron chi connectivity index (χ1n) is 10.2. The van der Waals surface area contributed by atoms with Gasteiger partial charge >= 0.3 is 0 Å². The first-order chi connectivity index (χ1) is 15.3. The lowest BCUT2D eigenvalue weighted by atomic mass is 10.2. The normalized spacial score (nSPS) is 15.1. The maximum Gasteiger partial charge on any atom is 0.293 e. The molecule has 0 bridgehead atoms. The highest BCUT2D eigenvalue weighted by atomic mass is 35.5. The Kier molecular flexibility index (Phi) is 6.44. The van der Waals surface area contributed by atoms with Crippen molar-refractivity contribution < 1.29 is 14.3 Å². The zero-order chi connectivity index (χ0) is 22.8. The van der Waals surface area contributed by atoms with E-state index in [9.17, 15) is 9.59 Å². The zero-order valence-electron chi connectivity index (χ0n) is 18.1. The van der Waals surface area contributed by atoms with Crippen molar-refractivity contribution in [3.05, 3.63) is 87.0 Å². The fourth-order valence-electron chi connectivity index (χ4n) is 3.66. The minimum atomic E-state index is -0.296. The Labute approximate surface area is 196 Å². The monoisotopic (exact) mass is 466 g/mol. The molecule has 0 aliphatic carbocycles. The van der Waals surface area contributed by atoms with E-state index in [-0.39, 0.29) is 24.3 Å². The number of carbonyl (C=O) groups excluding carboxylic acids is 2. The van der Waals surface area contributed by atoms with Gasteiger partial charge in [0, 0.05) is 11.4 Å². The van der Waals surface area contributed by atoms with E-state index in [1.165, 1.54) is 4.90 Å². The van der Waals surface area contributed by atoms with Crippen LogP contribution in [0.4, 0.5) is 4.79 Å².